The van der Waals surface area contributed by atoms with Crippen LogP contribution < -0.4 is 0 Å². The molecule has 0 amide bonds. The molecule has 0 spiro atoms. The summed E-state index contributed by atoms with van der Waals surface area (Å²) >= 11 is 0. The molecule has 0 bridgehead atoms. The average Bonchev–Trinajstić information content (AvgIpc) is 2.43. The molecule has 3 heteroatoms. The SMILES string of the molecule is C=C(C(=O)O)c1c2ccccc2nc2ccccc12. The lowest BCUT2D eigenvalue weighted by atomic mass is 9.97. The lowest BCUT2D eigenvalue weighted by molar-refractivity contribution is -0.130. The van der Waals surface area contributed by atoms with E-state index in [1.807, 2.05) is 48.5 Å². The molecule has 0 aliphatic heterocycles. The highest BCUT2D eigenvalue weighted by Crippen LogP contribution is 2.30. The maximum Gasteiger partial charge on any atom is 0.335 e. The Morgan fingerprint density at radius 1 is 0.947 bits per heavy atom. The molecule has 0 aliphatic carbocycles. The highest BCUT2D eigenvalue weighted by atomic mass is 16.4. The third-order valence-corrected chi connectivity index (χ3v) is 3.15. The molecule has 0 saturated carbocycles. The Labute approximate surface area is 109 Å². The first-order valence-electron chi connectivity index (χ1n) is 5.88. The zero-order valence-corrected chi connectivity index (χ0v) is 10.1. The molecule has 0 unspecified atom stereocenters. The lowest BCUT2D eigenvalue weighted by Gasteiger charge is -2.10. The van der Waals surface area contributed by atoms with Crippen molar-refractivity contribution in [1.29, 1.82) is 0 Å². The smallest absolute Gasteiger partial charge is 0.335 e. The second-order valence-electron chi connectivity index (χ2n) is 4.30. The Kier molecular flexibility index (Phi) is 2.53. The maximum atomic E-state index is 11.3. The highest BCUT2D eigenvalue weighted by molar-refractivity contribution is 6.23. The number of hydrogen-bond acceptors (Lipinski definition) is 2. The van der Waals surface area contributed by atoms with E-state index in [2.05, 4.69) is 11.6 Å². The molecule has 1 heterocycles. The molecule has 19 heavy (non-hydrogen) atoms. The number of para-hydroxylation sites is 2. The van der Waals surface area contributed by atoms with Gasteiger partial charge in [-0.2, -0.15) is 0 Å². The van der Waals surface area contributed by atoms with Crippen LogP contribution in [0.5, 0.6) is 0 Å². The van der Waals surface area contributed by atoms with E-state index in [0.29, 0.717) is 5.56 Å². The van der Waals surface area contributed by atoms with Gasteiger partial charge in [-0.3, -0.25) is 0 Å². The van der Waals surface area contributed by atoms with Crippen molar-refractivity contribution >= 4 is 33.3 Å². The topological polar surface area (TPSA) is 50.2 Å². The van der Waals surface area contributed by atoms with Crippen LogP contribution >= 0.6 is 0 Å². The lowest BCUT2D eigenvalue weighted by Crippen LogP contribution is -2.00. The molecule has 3 nitrogen and oxygen atoms in total. The molecule has 2 aromatic carbocycles. The van der Waals surface area contributed by atoms with Gasteiger partial charge in [-0.15, -0.1) is 0 Å². The molecule has 0 aliphatic rings. The summed E-state index contributed by atoms with van der Waals surface area (Å²) in [6.07, 6.45) is 0. The Hall–Kier alpha value is -2.68. The number of fused-ring (bicyclic) bond motifs is 2. The Morgan fingerprint density at radius 3 is 1.89 bits per heavy atom. The average molecular weight is 249 g/mol. The fourth-order valence-corrected chi connectivity index (χ4v) is 2.27. The second kappa shape index (κ2) is 4.21. The Bertz CT molecular complexity index is 767. The standard InChI is InChI=1S/C16H11NO2/c1-10(16(18)19)15-11-6-2-4-8-13(11)17-14-9-5-3-7-12(14)15/h2-9H,1H2,(H,18,19). The van der Waals surface area contributed by atoms with Crippen LogP contribution in [-0.2, 0) is 4.79 Å². The van der Waals surface area contributed by atoms with Gasteiger partial charge >= 0.3 is 5.97 Å². The number of carbonyl (C=O) groups is 1. The van der Waals surface area contributed by atoms with E-state index in [1.54, 1.807) is 0 Å². The largest absolute Gasteiger partial charge is 0.478 e. The van der Waals surface area contributed by atoms with Crippen molar-refractivity contribution in [1.82, 2.24) is 4.98 Å². The van der Waals surface area contributed by atoms with Crippen LogP contribution in [0, 0.1) is 0 Å². The van der Waals surface area contributed by atoms with Gasteiger partial charge in [0.2, 0.25) is 0 Å². The fraction of sp³-hybridized carbons (Fsp3) is 0. The van der Waals surface area contributed by atoms with E-state index in [4.69, 9.17) is 0 Å². The summed E-state index contributed by atoms with van der Waals surface area (Å²) in [5.41, 5.74) is 2.29. The summed E-state index contributed by atoms with van der Waals surface area (Å²) in [6.45, 7) is 3.70. The van der Waals surface area contributed by atoms with Gasteiger partial charge < -0.3 is 5.11 Å². The Morgan fingerprint density at radius 2 is 1.42 bits per heavy atom. The van der Waals surface area contributed by atoms with Crippen molar-refractivity contribution in [2.75, 3.05) is 0 Å². The minimum absolute atomic E-state index is 0.0924. The zero-order valence-electron chi connectivity index (χ0n) is 10.1. The summed E-state index contributed by atoms with van der Waals surface area (Å²) in [5, 5.41) is 10.9. The summed E-state index contributed by atoms with van der Waals surface area (Å²) in [4.78, 5) is 15.8. The molecular weight excluding hydrogens is 238 g/mol. The second-order valence-corrected chi connectivity index (χ2v) is 4.30. The summed E-state index contributed by atoms with van der Waals surface area (Å²) in [6, 6.07) is 15.0. The van der Waals surface area contributed by atoms with Crippen molar-refractivity contribution in [3.05, 3.63) is 60.7 Å². The monoisotopic (exact) mass is 249 g/mol. The quantitative estimate of drug-likeness (QED) is 0.558. The van der Waals surface area contributed by atoms with E-state index in [1.165, 1.54) is 0 Å². The number of rotatable bonds is 2. The molecular formula is C16H11NO2. The first-order chi connectivity index (χ1) is 9.18. The van der Waals surface area contributed by atoms with Crippen LogP contribution in [0.2, 0.25) is 0 Å². The minimum Gasteiger partial charge on any atom is -0.478 e. The van der Waals surface area contributed by atoms with E-state index in [-0.39, 0.29) is 5.57 Å². The van der Waals surface area contributed by atoms with Gasteiger partial charge in [-0.1, -0.05) is 43.0 Å². The number of hydrogen-bond donors (Lipinski definition) is 1. The van der Waals surface area contributed by atoms with E-state index < -0.39 is 5.97 Å². The van der Waals surface area contributed by atoms with E-state index >= 15 is 0 Å². The molecule has 3 rings (SSSR count). The molecule has 92 valence electrons. The van der Waals surface area contributed by atoms with Crippen molar-refractivity contribution in [2.45, 2.75) is 0 Å². The van der Waals surface area contributed by atoms with E-state index in [9.17, 15) is 9.90 Å². The molecule has 0 saturated heterocycles. The first kappa shape index (κ1) is 11.4. The van der Waals surface area contributed by atoms with Crippen LogP contribution in [0.3, 0.4) is 0 Å². The summed E-state index contributed by atoms with van der Waals surface area (Å²) in [7, 11) is 0. The third-order valence-electron chi connectivity index (χ3n) is 3.15. The normalized spacial score (nSPS) is 10.7. The first-order valence-corrected chi connectivity index (χ1v) is 5.88. The van der Waals surface area contributed by atoms with Gasteiger partial charge in [-0.05, 0) is 12.1 Å². The molecule has 0 atom stereocenters. The number of carboxylic acid groups (broad SMARTS) is 1. The van der Waals surface area contributed by atoms with Gasteiger partial charge in [0.05, 0.1) is 16.6 Å². The van der Waals surface area contributed by atoms with Crippen LogP contribution in [-0.4, -0.2) is 16.1 Å². The molecule has 0 fully saturated rings. The number of aliphatic carboxylic acids is 1. The van der Waals surface area contributed by atoms with Crippen molar-refractivity contribution < 1.29 is 9.90 Å². The molecule has 3 aromatic rings. The van der Waals surface area contributed by atoms with Crippen LogP contribution in [0.25, 0.3) is 27.4 Å². The molecule has 0 radical (unpaired) electrons. The van der Waals surface area contributed by atoms with Crippen LogP contribution in [0.4, 0.5) is 0 Å². The van der Waals surface area contributed by atoms with Gasteiger partial charge in [0.25, 0.3) is 0 Å². The zero-order chi connectivity index (χ0) is 13.4. The van der Waals surface area contributed by atoms with Crippen LogP contribution in [0.15, 0.2) is 55.1 Å². The number of aromatic nitrogens is 1. The highest BCUT2D eigenvalue weighted by Gasteiger charge is 2.15. The number of carboxylic acids is 1. The van der Waals surface area contributed by atoms with E-state index in [0.717, 1.165) is 21.8 Å². The minimum atomic E-state index is -1.01. The van der Waals surface area contributed by atoms with Crippen molar-refractivity contribution in [2.24, 2.45) is 0 Å². The van der Waals surface area contributed by atoms with Gasteiger partial charge in [0.1, 0.15) is 0 Å². The van der Waals surface area contributed by atoms with Gasteiger partial charge in [-0.25, -0.2) is 9.78 Å². The predicted octanol–water partition coefficient (Wildman–Crippen LogP) is 3.49. The fourth-order valence-electron chi connectivity index (χ4n) is 2.27. The van der Waals surface area contributed by atoms with Gasteiger partial charge in [0, 0.05) is 16.3 Å². The number of benzene rings is 2. The van der Waals surface area contributed by atoms with Crippen LogP contribution in [0.1, 0.15) is 5.56 Å². The third kappa shape index (κ3) is 1.76. The predicted molar refractivity (Wildman–Crippen MR) is 75.9 cm³/mol. The van der Waals surface area contributed by atoms with Gasteiger partial charge in [0.15, 0.2) is 0 Å². The molecule has 1 aromatic heterocycles. The maximum absolute atomic E-state index is 11.3. The number of nitrogens with zero attached hydrogens (tertiary/aromatic N) is 1. The summed E-state index contributed by atoms with van der Waals surface area (Å²) in [5.74, 6) is -1.01. The number of pyridine rings is 1. The van der Waals surface area contributed by atoms with Crippen molar-refractivity contribution in [3.8, 4) is 0 Å². The van der Waals surface area contributed by atoms with Crippen molar-refractivity contribution in [3.63, 3.8) is 0 Å². The molecule has 1 N–H and O–H groups in total. The Balaban J connectivity index is 2.53. The summed E-state index contributed by atoms with van der Waals surface area (Å²) < 4.78 is 0.